The van der Waals surface area contributed by atoms with Gasteiger partial charge in [0.25, 0.3) is 0 Å². The second kappa shape index (κ2) is 8.87. The Morgan fingerprint density at radius 2 is 1.91 bits per heavy atom. The number of halogens is 4. The zero-order chi connectivity index (χ0) is 23.8. The number of esters is 1. The molecule has 1 fully saturated rings. The van der Waals surface area contributed by atoms with E-state index < -0.39 is 28.7 Å². The number of methoxy groups -OCH3 is 1. The number of carbonyl (C=O) groups is 2. The Morgan fingerprint density at radius 3 is 2.58 bits per heavy atom. The van der Waals surface area contributed by atoms with Crippen LogP contribution in [0.1, 0.15) is 34.3 Å². The van der Waals surface area contributed by atoms with Crippen molar-refractivity contribution in [2.45, 2.75) is 24.4 Å². The quantitative estimate of drug-likeness (QED) is 0.635. The lowest BCUT2D eigenvalue weighted by Crippen LogP contribution is -2.47. The number of benzene rings is 2. The van der Waals surface area contributed by atoms with Gasteiger partial charge < -0.3 is 14.8 Å². The number of hydrogen-bond acceptors (Lipinski definition) is 5. The first-order valence-corrected chi connectivity index (χ1v) is 10.8. The summed E-state index contributed by atoms with van der Waals surface area (Å²) >= 11 is 6.14. The molecule has 1 N–H and O–H groups in total. The highest BCUT2D eigenvalue weighted by atomic mass is 35.5. The van der Waals surface area contributed by atoms with E-state index in [2.05, 4.69) is 15.0 Å². The molecule has 2 heterocycles. The third kappa shape index (κ3) is 4.52. The van der Waals surface area contributed by atoms with Gasteiger partial charge in [0.05, 0.1) is 23.7 Å². The van der Waals surface area contributed by atoms with Crippen molar-refractivity contribution in [1.29, 1.82) is 0 Å². The van der Waals surface area contributed by atoms with E-state index in [1.165, 1.54) is 6.07 Å². The number of amides is 1. The lowest BCUT2D eigenvalue weighted by molar-refractivity contribution is -0.138. The minimum absolute atomic E-state index is 0.0159. The van der Waals surface area contributed by atoms with Crippen LogP contribution in [0.5, 0.6) is 5.75 Å². The number of fused-ring (bicyclic) bond motifs is 2. The summed E-state index contributed by atoms with van der Waals surface area (Å²) in [5.41, 5.74) is -0.563. The lowest BCUT2D eigenvalue weighted by Gasteiger charge is -2.38. The second-order valence-corrected chi connectivity index (χ2v) is 8.55. The van der Waals surface area contributed by atoms with Gasteiger partial charge in [0.2, 0.25) is 5.91 Å². The third-order valence-corrected chi connectivity index (χ3v) is 6.50. The molecule has 0 aliphatic carbocycles. The van der Waals surface area contributed by atoms with Crippen LogP contribution in [-0.4, -0.2) is 50.1 Å². The van der Waals surface area contributed by atoms with E-state index in [4.69, 9.17) is 16.3 Å². The highest BCUT2D eigenvalue weighted by Crippen LogP contribution is 2.45. The van der Waals surface area contributed by atoms with Crippen LogP contribution in [0, 0.1) is 0 Å². The van der Waals surface area contributed by atoms with Crippen molar-refractivity contribution >= 4 is 29.2 Å². The van der Waals surface area contributed by atoms with Crippen molar-refractivity contribution in [1.82, 2.24) is 4.90 Å². The zero-order valence-corrected chi connectivity index (χ0v) is 18.6. The predicted octanol–water partition coefficient (Wildman–Crippen LogP) is 4.51. The maximum atomic E-state index is 13.3. The molecule has 0 unspecified atom stereocenters. The summed E-state index contributed by atoms with van der Waals surface area (Å²) in [6.07, 6.45) is -3.50. The molecule has 2 aromatic carbocycles. The Morgan fingerprint density at radius 1 is 1.18 bits per heavy atom. The molecule has 4 rings (SSSR count). The van der Waals surface area contributed by atoms with Crippen molar-refractivity contribution in [3.63, 3.8) is 0 Å². The molecule has 0 bridgehead atoms. The van der Waals surface area contributed by atoms with Crippen LogP contribution in [0.3, 0.4) is 0 Å². The highest BCUT2D eigenvalue weighted by molar-refractivity contribution is 6.31. The first kappa shape index (κ1) is 23.4. The molecule has 10 heteroatoms. The number of alkyl halides is 3. The van der Waals surface area contributed by atoms with Gasteiger partial charge >= 0.3 is 12.1 Å². The molecule has 6 nitrogen and oxygen atoms in total. The first-order chi connectivity index (χ1) is 15.6. The van der Waals surface area contributed by atoms with Crippen molar-refractivity contribution < 1.29 is 32.2 Å². The van der Waals surface area contributed by atoms with Gasteiger partial charge in [-0.25, -0.2) is 4.79 Å². The average molecular weight is 483 g/mol. The van der Waals surface area contributed by atoms with Crippen LogP contribution in [0.15, 0.2) is 36.4 Å². The van der Waals surface area contributed by atoms with Gasteiger partial charge in [-0.2, -0.15) is 13.2 Å². The summed E-state index contributed by atoms with van der Waals surface area (Å²) < 4.78 is 50.0. The molecule has 0 aromatic heterocycles. The summed E-state index contributed by atoms with van der Waals surface area (Å²) in [7, 11) is 1.03. The molecule has 1 amide bonds. The fourth-order valence-electron chi connectivity index (χ4n) is 4.47. The molecule has 2 aliphatic rings. The van der Waals surface area contributed by atoms with Crippen molar-refractivity contribution in [3.05, 3.63) is 58.1 Å². The van der Waals surface area contributed by atoms with Crippen molar-refractivity contribution in [2.24, 2.45) is 0 Å². The standard InChI is InChI=1S/C23H22ClF3N2O4/c1-32-20(30)16-4-3-15(13-17(16)23(25,26)27)33-11-10-29-8-6-22(7-9-29)18-12-14(24)2-5-19(18)28-21(22)31/h2-5,12-13H,6-11H2,1H3,(H,28,31). The van der Waals surface area contributed by atoms with Crippen LogP contribution < -0.4 is 10.1 Å². The monoisotopic (exact) mass is 482 g/mol. The number of nitrogens with zero attached hydrogens (tertiary/aromatic N) is 1. The van der Waals surface area contributed by atoms with E-state index in [-0.39, 0.29) is 18.3 Å². The summed E-state index contributed by atoms with van der Waals surface area (Å²) in [4.78, 5) is 26.5. The van der Waals surface area contributed by atoms with E-state index in [9.17, 15) is 22.8 Å². The summed E-state index contributed by atoms with van der Waals surface area (Å²) in [6, 6.07) is 8.57. The number of piperidine rings is 1. The van der Waals surface area contributed by atoms with Gasteiger partial charge in [-0.3, -0.25) is 9.69 Å². The van der Waals surface area contributed by atoms with Gasteiger partial charge in [-0.1, -0.05) is 11.6 Å². The molecular weight excluding hydrogens is 461 g/mol. The summed E-state index contributed by atoms with van der Waals surface area (Å²) in [5.74, 6) is -1.07. The van der Waals surface area contributed by atoms with Gasteiger partial charge in [-0.15, -0.1) is 0 Å². The lowest BCUT2D eigenvalue weighted by atomic mass is 9.73. The van der Waals surface area contributed by atoms with E-state index in [1.54, 1.807) is 6.07 Å². The molecule has 2 aromatic rings. The highest BCUT2D eigenvalue weighted by Gasteiger charge is 2.48. The number of nitrogens with one attached hydrogen (secondary N) is 1. The molecule has 2 aliphatic heterocycles. The molecule has 1 saturated heterocycles. The van der Waals surface area contributed by atoms with Crippen LogP contribution in [0.25, 0.3) is 0 Å². The number of carbonyl (C=O) groups excluding carboxylic acids is 2. The third-order valence-electron chi connectivity index (χ3n) is 6.27. The van der Waals surface area contributed by atoms with Crippen molar-refractivity contribution in [3.8, 4) is 5.75 Å². The molecule has 176 valence electrons. The maximum Gasteiger partial charge on any atom is 0.417 e. The first-order valence-electron chi connectivity index (χ1n) is 10.4. The van der Waals surface area contributed by atoms with E-state index in [0.29, 0.717) is 37.5 Å². The fourth-order valence-corrected chi connectivity index (χ4v) is 4.64. The molecule has 33 heavy (non-hydrogen) atoms. The zero-order valence-electron chi connectivity index (χ0n) is 17.8. The second-order valence-electron chi connectivity index (χ2n) is 8.11. The Hall–Kier alpha value is -2.78. The smallest absolute Gasteiger partial charge is 0.417 e. The van der Waals surface area contributed by atoms with Crippen LogP contribution in [-0.2, 0) is 21.1 Å². The Kier molecular flexibility index (Phi) is 6.28. The Balaban J connectivity index is 1.37. The minimum Gasteiger partial charge on any atom is -0.492 e. The molecule has 0 saturated carbocycles. The number of rotatable bonds is 5. The van der Waals surface area contributed by atoms with Gasteiger partial charge in [0.15, 0.2) is 0 Å². The van der Waals surface area contributed by atoms with Crippen LogP contribution in [0.4, 0.5) is 18.9 Å². The minimum atomic E-state index is -4.72. The van der Waals surface area contributed by atoms with E-state index >= 15 is 0 Å². The SMILES string of the molecule is COC(=O)c1ccc(OCCN2CCC3(CC2)C(=O)Nc2ccc(Cl)cc23)cc1C(F)(F)F. The van der Waals surface area contributed by atoms with Crippen LogP contribution in [0.2, 0.25) is 5.02 Å². The number of anilines is 1. The molecular formula is C23H22ClF3N2O4. The summed E-state index contributed by atoms with van der Waals surface area (Å²) in [5, 5.41) is 3.51. The van der Waals surface area contributed by atoms with Gasteiger partial charge in [0.1, 0.15) is 12.4 Å². The molecule has 0 atom stereocenters. The average Bonchev–Trinajstić information content (AvgIpc) is 3.04. The van der Waals surface area contributed by atoms with Gasteiger partial charge in [0, 0.05) is 17.3 Å². The topological polar surface area (TPSA) is 67.9 Å². The predicted molar refractivity (Wildman–Crippen MR) is 116 cm³/mol. The van der Waals surface area contributed by atoms with Crippen molar-refractivity contribution in [2.75, 3.05) is 38.7 Å². The Bertz CT molecular complexity index is 1080. The fraction of sp³-hybridized carbons (Fsp3) is 0.391. The summed E-state index contributed by atoms with van der Waals surface area (Å²) in [6.45, 7) is 1.92. The molecule has 0 radical (unpaired) electrons. The van der Waals surface area contributed by atoms with Gasteiger partial charge in [-0.05, 0) is 67.9 Å². The Labute approximate surface area is 193 Å². The number of ether oxygens (including phenoxy) is 2. The van der Waals surface area contributed by atoms with Crippen LogP contribution >= 0.6 is 11.6 Å². The molecule has 1 spiro atoms. The van der Waals surface area contributed by atoms with E-state index in [0.717, 1.165) is 30.5 Å². The van der Waals surface area contributed by atoms with E-state index in [1.807, 2.05) is 12.1 Å². The normalized spacial score (nSPS) is 17.5. The number of hydrogen-bond donors (Lipinski definition) is 1. The number of likely N-dealkylation sites (tertiary alicyclic amines) is 1. The largest absolute Gasteiger partial charge is 0.492 e. The maximum absolute atomic E-state index is 13.3.